The number of nitrogens with zero attached hydrogens (tertiary/aromatic N) is 2. The van der Waals surface area contributed by atoms with E-state index < -0.39 is 38.7 Å². The average Bonchev–Trinajstić information content (AvgIpc) is 3.03. The summed E-state index contributed by atoms with van der Waals surface area (Å²) in [7, 11) is -3.48. The van der Waals surface area contributed by atoms with Crippen molar-refractivity contribution in [3.05, 3.63) is 35.5 Å². The summed E-state index contributed by atoms with van der Waals surface area (Å²) >= 11 is 2.01. The Morgan fingerprint density at radius 2 is 2.25 bits per heavy atom. The smallest absolute Gasteiger partial charge is 0.343 e. The van der Waals surface area contributed by atoms with Crippen molar-refractivity contribution in [3.63, 3.8) is 0 Å². The van der Waals surface area contributed by atoms with Gasteiger partial charge in [0.05, 0.1) is 12.7 Å². The van der Waals surface area contributed by atoms with E-state index in [1.807, 2.05) is 0 Å². The number of thiazole rings is 1. The zero-order valence-corrected chi connectivity index (χ0v) is 17.0. The molecule has 0 radical (unpaired) electrons. The molecule has 13 heteroatoms. The third-order valence-electron chi connectivity index (χ3n) is 4.02. The number of aliphatic carboxylic acids is 1. The first-order chi connectivity index (χ1) is 13.1. The second-order valence-electron chi connectivity index (χ2n) is 6.09. The second-order valence-corrected chi connectivity index (χ2v) is 10.2. The number of fused-ring (bicyclic) bond motifs is 1. The van der Waals surface area contributed by atoms with Gasteiger partial charge < -0.3 is 10.4 Å². The molecule has 1 unspecified atom stereocenters. The fraction of sp³-hybridized carbons (Fsp3) is 0.333. The molecule has 1 saturated heterocycles. The Labute approximate surface area is 168 Å². The summed E-state index contributed by atoms with van der Waals surface area (Å²) in [5.74, 6) is -1.96. The number of rotatable bonds is 7. The number of thioether (sulfide) groups is 1. The van der Waals surface area contributed by atoms with E-state index in [0.717, 1.165) is 39.8 Å². The number of carboxylic acids is 1. The molecule has 3 heterocycles. The van der Waals surface area contributed by atoms with Gasteiger partial charge in [0.1, 0.15) is 0 Å². The SMILES string of the molecule is C=CC1=CN2C(=O)C(NC(=O)Cc3cnc(NS(C)(=O)=O)s3)[C@@]2(C(=O)O)SC1. The van der Waals surface area contributed by atoms with Crippen molar-refractivity contribution in [1.29, 1.82) is 0 Å². The highest BCUT2D eigenvalue weighted by atomic mass is 32.2. The summed E-state index contributed by atoms with van der Waals surface area (Å²) in [5, 5.41) is 12.3. The van der Waals surface area contributed by atoms with Gasteiger partial charge >= 0.3 is 5.97 Å². The van der Waals surface area contributed by atoms with Crippen molar-refractivity contribution >= 4 is 56.0 Å². The van der Waals surface area contributed by atoms with Gasteiger partial charge in [-0.25, -0.2) is 18.2 Å². The van der Waals surface area contributed by atoms with Crippen LogP contribution in [0.2, 0.25) is 0 Å². The van der Waals surface area contributed by atoms with Crippen LogP contribution < -0.4 is 10.0 Å². The molecule has 0 aliphatic carbocycles. The molecule has 0 saturated carbocycles. The third-order valence-corrected chi connectivity index (χ3v) is 7.15. The van der Waals surface area contributed by atoms with Crippen LogP contribution in [0, 0.1) is 0 Å². The molecular formula is C15H16N4O6S3. The maximum absolute atomic E-state index is 12.4. The number of carbonyl (C=O) groups is 3. The van der Waals surface area contributed by atoms with Gasteiger partial charge in [0.25, 0.3) is 5.91 Å². The second kappa shape index (κ2) is 7.22. The molecule has 0 bridgehead atoms. The lowest BCUT2D eigenvalue weighted by Crippen LogP contribution is -2.79. The number of anilines is 1. The molecular weight excluding hydrogens is 428 g/mol. The van der Waals surface area contributed by atoms with E-state index in [-0.39, 0.29) is 11.6 Å². The highest BCUT2D eigenvalue weighted by Gasteiger charge is 2.67. The van der Waals surface area contributed by atoms with Crippen LogP contribution in [-0.2, 0) is 30.8 Å². The van der Waals surface area contributed by atoms with Crippen molar-refractivity contribution in [2.45, 2.75) is 17.3 Å². The van der Waals surface area contributed by atoms with Crippen LogP contribution in [0.1, 0.15) is 4.88 Å². The van der Waals surface area contributed by atoms with Gasteiger partial charge in [0.2, 0.25) is 20.8 Å². The monoisotopic (exact) mass is 444 g/mol. The number of β-lactam (4-membered cyclic amide) rings is 1. The number of amides is 2. The molecule has 28 heavy (non-hydrogen) atoms. The first-order valence-corrected chi connectivity index (χ1v) is 11.5. The van der Waals surface area contributed by atoms with E-state index >= 15 is 0 Å². The zero-order valence-electron chi connectivity index (χ0n) is 14.5. The normalized spacial score (nSPS) is 23.9. The molecule has 0 spiro atoms. The van der Waals surface area contributed by atoms with E-state index in [9.17, 15) is 27.9 Å². The Hall–Kier alpha value is -2.38. The number of hydrogen-bond acceptors (Lipinski definition) is 8. The molecule has 3 rings (SSSR count). The molecule has 2 atom stereocenters. The minimum Gasteiger partial charge on any atom is -0.479 e. The van der Waals surface area contributed by atoms with E-state index in [0.29, 0.717) is 10.6 Å². The fourth-order valence-electron chi connectivity index (χ4n) is 2.78. The molecule has 150 valence electrons. The van der Waals surface area contributed by atoms with Crippen molar-refractivity contribution in [3.8, 4) is 0 Å². The Morgan fingerprint density at radius 3 is 2.86 bits per heavy atom. The van der Waals surface area contributed by atoms with Crippen LogP contribution in [-0.4, -0.2) is 64.1 Å². The van der Waals surface area contributed by atoms with Crippen LogP contribution in [0.4, 0.5) is 5.13 Å². The van der Waals surface area contributed by atoms with Crippen LogP contribution in [0.25, 0.3) is 0 Å². The summed E-state index contributed by atoms with van der Waals surface area (Å²) in [6.45, 7) is 3.61. The lowest BCUT2D eigenvalue weighted by atomic mass is 9.93. The minimum absolute atomic E-state index is 0.114. The maximum atomic E-state index is 12.4. The largest absolute Gasteiger partial charge is 0.479 e. The molecule has 1 aromatic rings. The summed E-state index contributed by atoms with van der Waals surface area (Å²) < 4.78 is 24.6. The van der Waals surface area contributed by atoms with E-state index in [1.54, 1.807) is 6.08 Å². The molecule has 2 aliphatic heterocycles. The number of sulfonamides is 1. The maximum Gasteiger partial charge on any atom is 0.343 e. The summed E-state index contributed by atoms with van der Waals surface area (Å²) in [4.78, 5) is 40.4. The van der Waals surface area contributed by atoms with Crippen molar-refractivity contribution in [2.24, 2.45) is 0 Å². The Bertz CT molecular complexity index is 1000. The average molecular weight is 445 g/mol. The van der Waals surface area contributed by atoms with Gasteiger partial charge in [0.15, 0.2) is 11.2 Å². The summed E-state index contributed by atoms with van der Waals surface area (Å²) in [6.07, 6.45) is 5.14. The molecule has 3 N–H and O–H groups in total. The lowest BCUT2D eigenvalue weighted by Gasteiger charge is -2.54. The summed E-state index contributed by atoms with van der Waals surface area (Å²) in [5.41, 5.74) is 0.718. The number of allylic oxidation sites excluding steroid dienone is 1. The number of carbonyl (C=O) groups excluding carboxylic acids is 2. The zero-order chi connectivity index (χ0) is 20.7. The highest BCUT2D eigenvalue weighted by Crippen LogP contribution is 2.47. The Kier molecular flexibility index (Phi) is 5.25. The third kappa shape index (κ3) is 3.64. The van der Waals surface area contributed by atoms with Crippen LogP contribution in [0.15, 0.2) is 30.6 Å². The van der Waals surface area contributed by atoms with Gasteiger partial charge in [0, 0.05) is 23.0 Å². The first kappa shape index (κ1) is 20.4. The molecule has 1 aromatic heterocycles. The number of hydrogen-bond donors (Lipinski definition) is 3. The predicted molar refractivity (Wildman–Crippen MR) is 104 cm³/mol. The van der Waals surface area contributed by atoms with Gasteiger partial charge in [-0.05, 0) is 5.57 Å². The van der Waals surface area contributed by atoms with Crippen LogP contribution in [0.3, 0.4) is 0 Å². The standard InChI is InChI=1S/C15H16N4O6S3/c1-3-8-6-19-12(21)11(15(19,13(22)23)26-7-8)17-10(20)4-9-5-16-14(27-9)18-28(2,24)25/h3,5-6,11H,1,4,7H2,2H3,(H,16,18)(H,17,20)(H,22,23)/t11?,15-/m0/s1. The van der Waals surface area contributed by atoms with Gasteiger partial charge in [-0.1, -0.05) is 12.7 Å². The topological polar surface area (TPSA) is 146 Å². The number of aromatic nitrogens is 1. The van der Waals surface area contributed by atoms with Gasteiger partial charge in [-0.2, -0.15) is 0 Å². The quantitative estimate of drug-likeness (QED) is 0.498. The number of carboxylic acid groups (broad SMARTS) is 1. The van der Waals surface area contributed by atoms with Crippen molar-refractivity contribution in [1.82, 2.24) is 15.2 Å². The van der Waals surface area contributed by atoms with E-state index in [4.69, 9.17) is 0 Å². The Morgan fingerprint density at radius 1 is 1.54 bits per heavy atom. The van der Waals surface area contributed by atoms with Crippen LogP contribution >= 0.6 is 23.1 Å². The lowest BCUT2D eigenvalue weighted by molar-refractivity contribution is -0.167. The molecule has 0 aromatic carbocycles. The van der Waals surface area contributed by atoms with E-state index in [2.05, 4.69) is 21.6 Å². The Balaban J connectivity index is 1.70. The summed E-state index contributed by atoms with van der Waals surface area (Å²) in [6, 6.07) is -1.20. The fourth-order valence-corrected chi connectivity index (χ4v) is 5.74. The molecule has 10 nitrogen and oxygen atoms in total. The number of nitrogens with one attached hydrogen (secondary N) is 2. The molecule has 2 amide bonds. The van der Waals surface area contributed by atoms with Crippen molar-refractivity contribution < 1.29 is 27.9 Å². The molecule has 1 fully saturated rings. The van der Waals surface area contributed by atoms with Gasteiger partial charge in [-0.3, -0.25) is 19.2 Å². The van der Waals surface area contributed by atoms with Crippen molar-refractivity contribution in [2.75, 3.05) is 16.7 Å². The van der Waals surface area contributed by atoms with Gasteiger partial charge in [-0.15, -0.1) is 23.1 Å². The highest BCUT2D eigenvalue weighted by molar-refractivity contribution is 8.01. The predicted octanol–water partition coefficient (Wildman–Crippen LogP) is -0.0183. The minimum atomic E-state index is -3.48. The first-order valence-electron chi connectivity index (χ1n) is 7.82. The molecule has 2 aliphatic rings. The van der Waals surface area contributed by atoms with E-state index in [1.165, 1.54) is 12.4 Å². The van der Waals surface area contributed by atoms with Crippen LogP contribution in [0.5, 0.6) is 0 Å².